The summed E-state index contributed by atoms with van der Waals surface area (Å²) in [6.45, 7) is 7.11. The van der Waals surface area contributed by atoms with Crippen LogP contribution in [0, 0.1) is 12.8 Å². The Bertz CT molecular complexity index is 493. The van der Waals surface area contributed by atoms with Crippen LogP contribution in [0.4, 0.5) is 0 Å². The van der Waals surface area contributed by atoms with Gasteiger partial charge in [-0.25, -0.2) is 0 Å². The number of nitrogens with one attached hydrogen (secondary N) is 1. The fourth-order valence-electron chi connectivity index (χ4n) is 2.18. The molecular weight excluding hydrogens is 238 g/mol. The summed E-state index contributed by atoms with van der Waals surface area (Å²) in [4.78, 5) is 4.21. The van der Waals surface area contributed by atoms with Crippen molar-refractivity contribution in [1.29, 1.82) is 0 Å². The minimum Gasteiger partial charge on any atom is -0.339 e. The molecule has 2 rings (SSSR count). The quantitative estimate of drug-likeness (QED) is 0.866. The van der Waals surface area contributed by atoms with Crippen molar-refractivity contribution in [2.45, 2.75) is 33.2 Å². The number of rotatable bonds is 6. The second-order valence-electron chi connectivity index (χ2n) is 5.07. The maximum absolute atomic E-state index is 5.11. The van der Waals surface area contributed by atoms with E-state index in [-0.39, 0.29) is 0 Å². The van der Waals surface area contributed by atoms with Crippen molar-refractivity contribution in [3.8, 4) is 0 Å². The highest BCUT2D eigenvalue weighted by Crippen LogP contribution is 2.21. The van der Waals surface area contributed by atoms with Crippen LogP contribution in [-0.2, 0) is 6.42 Å². The van der Waals surface area contributed by atoms with Gasteiger partial charge in [-0.2, -0.15) is 4.98 Å². The molecule has 1 heterocycles. The van der Waals surface area contributed by atoms with Crippen LogP contribution in [0.2, 0.25) is 0 Å². The Kier molecular flexibility index (Phi) is 4.68. The highest BCUT2D eigenvalue weighted by molar-refractivity contribution is 5.19. The largest absolute Gasteiger partial charge is 0.339 e. The van der Waals surface area contributed by atoms with Crippen molar-refractivity contribution in [2.75, 3.05) is 6.54 Å². The topological polar surface area (TPSA) is 51.0 Å². The first-order valence-corrected chi connectivity index (χ1v) is 6.74. The Morgan fingerprint density at radius 2 is 1.95 bits per heavy atom. The lowest BCUT2D eigenvalue weighted by molar-refractivity contribution is 0.359. The summed E-state index contributed by atoms with van der Waals surface area (Å²) in [6.07, 6.45) is 0.761. The lowest BCUT2D eigenvalue weighted by Gasteiger charge is -2.22. The van der Waals surface area contributed by atoms with Gasteiger partial charge in [-0.15, -0.1) is 0 Å². The molecule has 0 saturated heterocycles. The van der Waals surface area contributed by atoms with Crippen LogP contribution in [-0.4, -0.2) is 16.7 Å². The number of nitrogens with zero attached hydrogens (tertiary/aromatic N) is 2. The molecule has 0 aliphatic rings. The van der Waals surface area contributed by atoms with E-state index in [9.17, 15) is 0 Å². The number of aromatic nitrogens is 2. The van der Waals surface area contributed by atoms with Crippen LogP contribution in [0.5, 0.6) is 0 Å². The summed E-state index contributed by atoms with van der Waals surface area (Å²) in [5.74, 6) is 1.92. The normalized spacial score (nSPS) is 12.8. The van der Waals surface area contributed by atoms with E-state index < -0.39 is 0 Å². The molecule has 19 heavy (non-hydrogen) atoms. The summed E-state index contributed by atoms with van der Waals surface area (Å²) in [7, 11) is 0. The molecule has 1 aromatic carbocycles. The third kappa shape index (κ3) is 3.89. The number of benzene rings is 1. The Labute approximate surface area is 114 Å². The van der Waals surface area contributed by atoms with E-state index in [0.29, 0.717) is 23.7 Å². The molecule has 1 aromatic heterocycles. The summed E-state index contributed by atoms with van der Waals surface area (Å²) < 4.78 is 5.11. The predicted octanol–water partition coefficient (Wildman–Crippen LogP) is 2.91. The zero-order valence-corrected chi connectivity index (χ0v) is 11.8. The summed E-state index contributed by atoms with van der Waals surface area (Å²) in [6, 6.07) is 10.9. The van der Waals surface area contributed by atoms with Crippen molar-refractivity contribution in [2.24, 2.45) is 5.92 Å². The zero-order chi connectivity index (χ0) is 13.7. The van der Waals surface area contributed by atoms with Gasteiger partial charge in [0.1, 0.15) is 0 Å². The predicted molar refractivity (Wildman–Crippen MR) is 74.8 cm³/mol. The van der Waals surface area contributed by atoms with Gasteiger partial charge in [0.15, 0.2) is 5.82 Å². The molecule has 0 aliphatic heterocycles. The monoisotopic (exact) mass is 259 g/mol. The van der Waals surface area contributed by atoms with Gasteiger partial charge in [0.2, 0.25) is 5.89 Å². The van der Waals surface area contributed by atoms with E-state index >= 15 is 0 Å². The van der Waals surface area contributed by atoms with E-state index in [4.69, 9.17) is 4.52 Å². The maximum atomic E-state index is 5.11. The molecule has 0 aliphatic carbocycles. The van der Waals surface area contributed by atoms with E-state index in [2.05, 4.69) is 53.6 Å². The molecule has 1 atom stereocenters. The third-order valence-corrected chi connectivity index (χ3v) is 3.10. The summed E-state index contributed by atoms with van der Waals surface area (Å²) in [5.41, 5.74) is 1.32. The van der Waals surface area contributed by atoms with Gasteiger partial charge >= 0.3 is 0 Å². The highest BCUT2D eigenvalue weighted by Gasteiger charge is 2.15. The van der Waals surface area contributed by atoms with Crippen molar-refractivity contribution < 1.29 is 4.52 Å². The van der Waals surface area contributed by atoms with Gasteiger partial charge in [0.05, 0.1) is 0 Å². The SMILES string of the molecule is Cc1noc(CCNC(c2ccccc2)C(C)C)n1. The Morgan fingerprint density at radius 3 is 2.53 bits per heavy atom. The maximum Gasteiger partial charge on any atom is 0.227 e. The van der Waals surface area contributed by atoms with Gasteiger partial charge in [0, 0.05) is 19.0 Å². The van der Waals surface area contributed by atoms with Crippen LogP contribution in [0.25, 0.3) is 0 Å². The third-order valence-electron chi connectivity index (χ3n) is 3.10. The first-order valence-electron chi connectivity index (χ1n) is 6.74. The van der Waals surface area contributed by atoms with Crippen LogP contribution < -0.4 is 5.32 Å². The molecule has 102 valence electrons. The average molecular weight is 259 g/mol. The van der Waals surface area contributed by atoms with Crippen molar-refractivity contribution in [1.82, 2.24) is 15.5 Å². The fourth-order valence-corrected chi connectivity index (χ4v) is 2.18. The molecule has 0 radical (unpaired) electrons. The molecule has 0 spiro atoms. The van der Waals surface area contributed by atoms with Crippen LogP contribution in [0.15, 0.2) is 34.9 Å². The standard InChI is InChI=1S/C15H21N3O/c1-11(2)15(13-7-5-4-6-8-13)16-10-9-14-17-12(3)18-19-14/h4-8,11,15-16H,9-10H2,1-3H3. The Balaban J connectivity index is 1.91. The second kappa shape index (κ2) is 6.48. The number of hydrogen-bond donors (Lipinski definition) is 1. The molecule has 0 bridgehead atoms. The fraction of sp³-hybridized carbons (Fsp3) is 0.467. The van der Waals surface area contributed by atoms with Gasteiger partial charge < -0.3 is 9.84 Å². The van der Waals surface area contributed by atoms with E-state index in [1.54, 1.807) is 0 Å². The lowest BCUT2D eigenvalue weighted by Crippen LogP contribution is -2.27. The molecular formula is C15H21N3O. The van der Waals surface area contributed by atoms with E-state index in [1.807, 2.05) is 13.0 Å². The van der Waals surface area contributed by atoms with Crippen molar-refractivity contribution in [3.63, 3.8) is 0 Å². The Hall–Kier alpha value is -1.68. The zero-order valence-electron chi connectivity index (χ0n) is 11.8. The molecule has 1 N–H and O–H groups in total. The van der Waals surface area contributed by atoms with E-state index in [1.165, 1.54) is 5.56 Å². The molecule has 0 fully saturated rings. The summed E-state index contributed by atoms with van der Waals surface area (Å²) in [5, 5.41) is 7.36. The molecule has 0 saturated carbocycles. The number of aryl methyl sites for hydroxylation is 1. The highest BCUT2D eigenvalue weighted by atomic mass is 16.5. The minimum atomic E-state index is 0.352. The van der Waals surface area contributed by atoms with Gasteiger partial charge in [-0.3, -0.25) is 0 Å². The van der Waals surface area contributed by atoms with Crippen molar-refractivity contribution in [3.05, 3.63) is 47.6 Å². The summed E-state index contributed by atoms with van der Waals surface area (Å²) >= 11 is 0. The molecule has 1 unspecified atom stereocenters. The average Bonchev–Trinajstić information content (AvgIpc) is 2.81. The second-order valence-corrected chi connectivity index (χ2v) is 5.07. The molecule has 4 heteroatoms. The van der Waals surface area contributed by atoms with Gasteiger partial charge in [-0.05, 0) is 18.4 Å². The first kappa shape index (κ1) is 13.7. The molecule has 2 aromatic rings. The smallest absolute Gasteiger partial charge is 0.227 e. The Morgan fingerprint density at radius 1 is 1.21 bits per heavy atom. The minimum absolute atomic E-state index is 0.352. The molecule has 4 nitrogen and oxygen atoms in total. The van der Waals surface area contributed by atoms with Gasteiger partial charge in [0.25, 0.3) is 0 Å². The van der Waals surface area contributed by atoms with E-state index in [0.717, 1.165) is 13.0 Å². The van der Waals surface area contributed by atoms with Crippen LogP contribution >= 0.6 is 0 Å². The lowest BCUT2D eigenvalue weighted by atomic mass is 9.96. The van der Waals surface area contributed by atoms with Gasteiger partial charge in [-0.1, -0.05) is 49.3 Å². The van der Waals surface area contributed by atoms with Crippen LogP contribution in [0.3, 0.4) is 0 Å². The molecule has 0 amide bonds. The first-order chi connectivity index (χ1) is 9.16. The number of hydrogen-bond acceptors (Lipinski definition) is 4. The van der Waals surface area contributed by atoms with Crippen molar-refractivity contribution >= 4 is 0 Å². The van der Waals surface area contributed by atoms with Crippen LogP contribution in [0.1, 0.15) is 37.2 Å².